The van der Waals surface area contributed by atoms with Crippen LogP contribution in [0.25, 0.3) is 10.8 Å². The molecule has 0 atom stereocenters. The summed E-state index contributed by atoms with van der Waals surface area (Å²) >= 11 is 0.847. The molecule has 3 aromatic carbocycles. The number of carbonyl (C=O) groups excluding carboxylic acids is 1. The van der Waals surface area contributed by atoms with Crippen molar-refractivity contribution in [3.8, 4) is 11.5 Å². The zero-order valence-electron chi connectivity index (χ0n) is 14.7. The van der Waals surface area contributed by atoms with Crippen LogP contribution in [0, 0.1) is 0 Å². The Morgan fingerprint density at radius 2 is 1.79 bits per heavy atom. The van der Waals surface area contributed by atoms with Crippen LogP contribution in [-0.4, -0.2) is 32.4 Å². The van der Waals surface area contributed by atoms with E-state index in [1.807, 2.05) is 0 Å². The Kier molecular flexibility index (Phi) is 5.66. The highest BCUT2D eigenvalue weighted by Gasteiger charge is 2.18. The van der Waals surface area contributed by atoms with Crippen molar-refractivity contribution in [2.24, 2.45) is 0 Å². The summed E-state index contributed by atoms with van der Waals surface area (Å²) in [6, 6.07) is 14.0. The number of carboxylic acid groups (broad SMARTS) is 1. The Morgan fingerprint density at radius 3 is 2.39 bits per heavy atom. The molecule has 0 saturated carbocycles. The summed E-state index contributed by atoms with van der Waals surface area (Å²) < 4.78 is 33.1. The molecule has 0 heterocycles. The van der Waals surface area contributed by atoms with Gasteiger partial charge in [-0.15, -0.1) is 11.8 Å². The zero-order valence-corrected chi connectivity index (χ0v) is 16.3. The lowest BCUT2D eigenvalue weighted by Gasteiger charge is -2.15. The van der Waals surface area contributed by atoms with E-state index in [4.69, 9.17) is 4.74 Å². The number of carbonyl (C=O) groups is 1. The summed E-state index contributed by atoms with van der Waals surface area (Å²) in [7, 11) is -2.43. The van der Waals surface area contributed by atoms with E-state index in [1.165, 1.54) is 37.4 Å². The molecular weight excluding hydrogens is 402 g/mol. The van der Waals surface area contributed by atoms with Gasteiger partial charge in [-0.25, -0.2) is 8.42 Å². The van der Waals surface area contributed by atoms with Gasteiger partial charge in [-0.05, 0) is 30.3 Å². The first-order valence-corrected chi connectivity index (χ1v) is 10.5. The molecule has 0 aliphatic rings. The van der Waals surface area contributed by atoms with Crippen molar-refractivity contribution >= 4 is 44.2 Å². The minimum Gasteiger partial charge on any atom is -0.549 e. The molecule has 9 heteroatoms. The number of nitrogens with one attached hydrogen (secondary N) is 1. The van der Waals surface area contributed by atoms with Crippen molar-refractivity contribution in [1.29, 1.82) is 0 Å². The second-order valence-corrected chi connectivity index (χ2v) is 8.46. The first-order chi connectivity index (χ1) is 13.3. The van der Waals surface area contributed by atoms with Crippen molar-refractivity contribution in [2.75, 3.05) is 17.6 Å². The number of ether oxygens (including phenoxy) is 1. The zero-order chi connectivity index (χ0) is 20.3. The molecule has 0 spiro atoms. The summed E-state index contributed by atoms with van der Waals surface area (Å²) in [4.78, 5) is 11.0. The Morgan fingerprint density at radius 1 is 1.14 bits per heavy atom. The van der Waals surface area contributed by atoms with Gasteiger partial charge >= 0.3 is 0 Å². The van der Waals surface area contributed by atoms with Gasteiger partial charge in [-0.3, -0.25) is 4.72 Å². The number of aromatic hydroxyl groups is 1. The van der Waals surface area contributed by atoms with E-state index in [0.717, 1.165) is 11.8 Å². The quantitative estimate of drug-likeness (QED) is 0.446. The number of fused-ring (bicyclic) bond motifs is 1. The minimum atomic E-state index is -3.92. The van der Waals surface area contributed by atoms with Gasteiger partial charge in [0.05, 0.1) is 28.6 Å². The number of anilines is 1. The van der Waals surface area contributed by atoms with Crippen LogP contribution in [0.15, 0.2) is 64.4 Å². The molecule has 0 aromatic heterocycles. The number of thioether (sulfide) groups is 1. The van der Waals surface area contributed by atoms with Crippen LogP contribution in [0.2, 0.25) is 0 Å². The van der Waals surface area contributed by atoms with Crippen LogP contribution in [0.4, 0.5) is 5.69 Å². The number of aliphatic carboxylic acids is 1. The molecule has 0 fully saturated rings. The van der Waals surface area contributed by atoms with E-state index >= 15 is 0 Å². The number of carboxylic acids is 1. The van der Waals surface area contributed by atoms with Gasteiger partial charge in [0, 0.05) is 16.5 Å². The summed E-state index contributed by atoms with van der Waals surface area (Å²) in [6.07, 6.45) is 0. The Labute approximate surface area is 166 Å². The van der Waals surface area contributed by atoms with Gasteiger partial charge in [0.2, 0.25) is 0 Å². The largest absolute Gasteiger partial charge is 0.549 e. The highest BCUT2D eigenvalue weighted by atomic mass is 32.2. The molecule has 0 bridgehead atoms. The molecule has 2 N–H and O–H groups in total. The van der Waals surface area contributed by atoms with Crippen LogP contribution in [0.5, 0.6) is 11.5 Å². The molecular formula is C19H16NO6S2-. The van der Waals surface area contributed by atoms with Crippen molar-refractivity contribution in [1.82, 2.24) is 0 Å². The number of benzene rings is 3. The second kappa shape index (κ2) is 7.99. The maximum atomic E-state index is 12.8. The first-order valence-electron chi connectivity index (χ1n) is 8.06. The lowest BCUT2D eigenvalue weighted by molar-refractivity contribution is -0.301. The van der Waals surface area contributed by atoms with E-state index in [2.05, 4.69) is 4.72 Å². The number of hydrogen-bond acceptors (Lipinski definition) is 7. The molecule has 28 heavy (non-hydrogen) atoms. The minimum absolute atomic E-state index is 0.0365. The fraction of sp³-hybridized carbons (Fsp3) is 0.105. The normalized spacial score (nSPS) is 11.3. The molecule has 0 aliphatic carbocycles. The van der Waals surface area contributed by atoms with Crippen LogP contribution in [0.1, 0.15) is 0 Å². The fourth-order valence-electron chi connectivity index (χ4n) is 2.62. The summed E-state index contributed by atoms with van der Waals surface area (Å²) in [5.74, 6) is -1.27. The van der Waals surface area contributed by atoms with Gasteiger partial charge in [-0.2, -0.15) is 0 Å². The second-order valence-electron chi connectivity index (χ2n) is 5.76. The lowest BCUT2D eigenvalue weighted by atomic mass is 10.1. The van der Waals surface area contributed by atoms with Gasteiger partial charge < -0.3 is 19.7 Å². The molecule has 0 radical (unpaired) electrons. The third-order valence-corrected chi connectivity index (χ3v) is 6.32. The van der Waals surface area contributed by atoms with Crippen molar-refractivity contribution in [2.45, 2.75) is 9.79 Å². The van der Waals surface area contributed by atoms with Crippen molar-refractivity contribution in [3.63, 3.8) is 0 Å². The number of phenolic OH excluding ortho intramolecular Hbond substituents is 1. The average molecular weight is 418 g/mol. The highest BCUT2D eigenvalue weighted by molar-refractivity contribution is 8.00. The van der Waals surface area contributed by atoms with Crippen LogP contribution < -0.4 is 14.6 Å². The Balaban J connectivity index is 2.05. The molecule has 0 saturated heterocycles. The topological polar surface area (TPSA) is 116 Å². The van der Waals surface area contributed by atoms with Crippen LogP contribution in [0.3, 0.4) is 0 Å². The van der Waals surface area contributed by atoms with Crippen LogP contribution >= 0.6 is 11.8 Å². The lowest BCUT2D eigenvalue weighted by Crippen LogP contribution is -2.24. The van der Waals surface area contributed by atoms with E-state index in [0.29, 0.717) is 16.5 Å². The number of rotatable bonds is 7. The molecule has 0 amide bonds. The van der Waals surface area contributed by atoms with Gasteiger partial charge in [0.1, 0.15) is 11.5 Å². The summed E-state index contributed by atoms with van der Waals surface area (Å²) in [5, 5.41) is 22.1. The van der Waals surface area contributed by atoms with E-state index in [9.17, 15) is 23.4 Å². The predicted octanol–water partition coefficient (Wildman–Crippen LogP) is 2.20. The van der Waals surface area contributed by atoms with Gasteiger partial charge in [0.25, 0.3) is 10.0 Å². The predicted molar refractivity (Wildman–Crippen MR) is 105 cm³/mol. The number of phenols is 1. The van der Waals surface area contributed by atoms with E-state index < -0.39 is 16.0 Å². The van der Waals surface area contributed by atoms with E-state index in [1.54, 1.807) is 24.3 Å². The maximum absolute atomic E-state index is 12.8. The third kappa shape index (κ3) is 4.15. The number of methoxy groups -OCH3 is 1. The first kappa shape index (κ1) is 19.8. The molecule has 7 nitrogen and oxygen atoms in total. The maximum Gasteiger partial charge on any atom is 0.261 e. The Bertz CT molecular complexity index is 1130. The van der Waals surface area contributed by atoms with E-state index in [-0.39, 0.29) is 27.0 Å². The summed E-state index contributed by atoms with van der Waals surface area (Å²) in [5.41, 5.74) is 0.227. The highest BCUT2D eigenvalue weighted by Crippen LogP contribution is 2.40. The smallest absolute Gasteiger partial charge is 0.261 e. The molecule has 0 unspecified atom stereocenters. The molecule has 3 rings (SSSR count). The average Bonchev–Trinajstić information content (AvgIpc) is 2.69. The molecule has 3 aromatic rings. The number of sulfonamides is 1. The monoisotopic (exact) mass is 418 g/mol. The standard InChI is InChI=1S/C19H17NO6S2/c1-26-12-6-8-13(9-7-12)28(24,25)20-16-10-17(27-11-18(21)22)19(23)15-5-3-2-4-14(15)16/h2-10,20,23H,11H2,1H3,(H,21,22)/p-1. The summed E-state index contributed by atoms with van der Waals surface area (Å²) in [6.45, 7) is 0. The number of hydrogen-bond donors (Lipinski definition) is 2. The van der Waals surface area contributed by atoms with Gasteiger partial charge in [0.15, 0.2) is 0 Å². The van der Waals surface area contributed by atoms with Crippen molar-refractivity contribution < 1.29 is 28.2 Å². The van der Waals surface area contributed by atoms with Gasteiger partial charge in [-0.1, -0.05) is 24.3 Å². The third-order valence-electron chi connectivity index (χ3n) is 3.94. The van der Waals surface area contributed by atoms with Crippen molar-refractivity contribution in [3.05, 3.63) is 54.6 Å². The molecule has 146 valence electrons. The Hall–Kier alpha value is -2.91. The van der Waals surface area contributed by atoms with Crippen LogP contribution in [-0.2, 0) is 14.8 Å². The SMILES string of the molecule is COc1ccc(S(=O)(=O)Nc2cc(SCC(=O)[O-])c(O)c3ccccc23)cc1. The fourth-order valence-corrected chi connectivity index (χ4v) is 4.42. The molecule has 0 aliphatic heterocycles.